The largest absolute Gasteiger partial charge is 0.497 e. The first kappa shape index (κ1) is 19.7. The Balaban J connectivity index is 2.13. The van der Waals surface area contributed by atoms with Crippen molar-refractivity contribution >= 4 is 21.6 Å². The molecule has 2 aromatic rings. The van der Waals surface area contributed by atoms with Crippen LogP contribution in [0.2, 0.25) is 0 Å². The third-order valence-corrected chi connectivity index (χ3v) is 5.06. The lowest BCUT2D eigenvalue weighted by Gasteiger charge is -2.16. The van der Waals surface area contributed by atoms with Gasteiger partial charge in [0.2, 0.25) is 15.9 Å². The van der Waals surface area contributed by atoms with Crippen molar-refractivity contribution in [3.63, 3.8) is 0 Å². The van der Waals surface area contributed by atoms with Gasteiger partial charge < -0.3 is 14.8 Å². The van der Waals surface area contributed by atoms with Crippen LogP contribution in [-0.2, 0) is 14.8 Å². The van der Waals surface area contributed by atoms with Gasteiger partial charge in [-0.15, -0.1) is 0 Å². The third kappa shape index (κ3) is 4.70. The highest BCUT2D eigenvalue weighted by Crippen LogP contribution is 2.24. The Morgan fingerprint density at radius 2 is 1.73 bits per heavy atom. The van der Waals surface area contributed by atoms with Crippen molar-refractivity contribution in [1.82, 2.24) is 4.72 Å². The molecule has 2 aromatic carbocycles. The molecule has 0 spiro atoms. The summed E-state index contributed by atoms with van der Waals surface area (Å²) in [5, 5.41) is 2.58. The lowest BCUT2D eigenvalue weighted by Crippen LogP contribution is -2.41. The summed E-state index contributed by atoms with van der Waals surface area (Å²) in [6.07, 6.45) is 0. The Morgan fingerprint density at radius 3 is 2.31 bits per heavy atom. The van der Waals surface area contributed by atoms with Crippen LogP contribution in [0.4, 0.5) is 10.1 Å². The molecule has 9 heteroatoms. The molecule has 0 fully saturated rings. The number of halogens is 1. The molecule has 2 N–H and O–H groups in total. The Labute approximate surface area is 151 Å². The van der Waals surface area contributed by atoms with Crippen LogP contribution in [0, 0.1) is 5.82 Å². The number of carbonyl (C=O) groups excluding carboxylic acids is 1. The highest BCUT2D eigenvalue weighted by atomic mass is 32.2. The molecule has 140 valence electrons. The highest BCUT2D eigenvalue weighted by molar-refractivity contribution is 7.89. The van der Waals surface area contributed by atoms with E-state index in [9.17, 15) is 17.6 Å². The topological polar surface area (TPSA) is 93.7 Å². The second-order valence-corrected chi connectivity index (χ2v) is 7.04. The van der Waals surface area contributed by atoms with E-state index < -0.39 is 27.8 Å². The van der Waals surface area contributed by atoms with Gasteiger partial charge in [-0.25, -0.2) is 12.8 Å². The summed E-state index contributed by atoms with van der Waals surface area (Å²) in [6.45, 7) is 1.38. The summed E-state index contributed by atoms with van der Waals surface area (Å²) in [4.78, 5) is 11.8. The minimum atomic E-state index is -4.17. The molecule has 7 nitrogen and oxygen atoms in total. The molecule has 0 saturated heterocycles. The molecule has 0 aliphatic carbocycles. The van der Waals surface area contributed by atoms with E-state index in [2.05, 4.69) is 10.0 Å². The fourth-order valence-electron chi connectivity index (χ4n) is 2.14. The number of rotatable bonds is 7. The van der Waals surface area contributed by atoms with Gasteiger partial charge in [-0.2, -0.15) is 4.72 Å². The van der Waals surface area contributed by atoms with Crippen LogP contribution in [0.5, 0.6) is 11.5 Å². The van der Waals surface area contributed by atoms with Gasteiger partial charge in [0.25, 0.3) is 0 Å². The van der Waals surface area contributed by atoms with Crippen molar-refractivity contribution in [2.75, 3.05) is 19.5 Å². The summed E-state index contributed by atoms with van der Waals surface area (Å²) in [5.41, 5.74) is 0.477. The first-order valence-electron chi connectivity index (χ1n) is 7.57. The second-order valence-electron chi connectivity index (χ2n) is 5.36. The van der Waals surface area contributed by atoms with Crippen LogP contribution in [0.1, 0.15) is 6.92 Å². The average molecular weight is 382 g/mol. The lowest BCUT2D eigenvalue weighted by molar-refractivity contribution is -0.117. The number of carbonyl (C=O) groups is 1. The molecule has 1 unspecified atom stereocenters. The molecule has 1 amide bonds. The summed E-state index contributed by atoms with van der Waals surface area (Å²) in [6, 6.07) is 8.56. The van der Waals surface area contributed by atoms with Crippen molar-refractivity contribution < 1.29 is 27.1 Å². The smallest absolute Gasteiger partial charge is 0.245 e. The van der Waals surface area contributed by atoms with E-state index in [0.717, 1.165) is 12.1 Å². The van der Waals surface area contributed by atoms with E-state index in [1.165, 1.54) is 27.2 Å². The number of amides is 1. The number of hydrogen-bond acceptors (Lipinski definition) is 5. The Morgan fingerprint density at radius 1 is 1.08 bits per heavy atom. The predicted octanol–water partition coefficient (Wildman–Crippen LogP) is 2.15. The molecule has 26 heavy (non-hydrogen) atoms. The number of sulfonamides is 1. The van der Waals surface area contributed by atoms with Gasteiger partial charge in [0.05, 0.1) is 20.3 Å². The molecular formula is C17H19FN2O5S. The van der Waals surface area contributed by atoms with E-state index in [0.29, 0.717) is 11.4 Å². The van der Waals surface area contributed by atoms with Gasteiger partial charge in [-0.3, -0.25) is 4.79 Å². The highest BCUT2D eigenvalue weighted by Gasteiger charge is 2.25. The van der Waals surface area contributed by atoms with Crippen molar-refractivity contribution in [2.24, 2.45) is 0 Å². The van der Waals surface area contributed by atoms with Gasteiger partial charge >= 0.3 is 0 Å². The quantitative estimate of drug-likeness (QED) is 0.765. The molecule has 0 aromatic heterocycles. The molecule has 1 atom stereocenters. The second kappa shape index (κ2) is 8.15. The zero-order valence-electron chi connectivity index (χ0n) is 14.4. The zero-order chi connectivity index (χ0) is 19.3. The monoisotopic (exact) mass is 382 g/mol. The Hall–Kier alpha value is -2.65. The molecule has 2 rings (SSSR count). The Bertz CT molecular complexity index is 885. The normalized spacial score (nSPS) is 12.3. The fourth-order valence-corrected chi connectivity index (χ4v) is 3.52. The van der Waals surface area contributed by atoms with Crippen LogP contribution < -0.4 is 19.5 Å². The third-order valence-electron chi connectivity index (χ3n) is 3.50. The summed E-state index contributed by atoms with van der Waals surface area (Å²) in [5.74, 6) is -0.716. The summed E-state index contributed by atoms with van der Waals surface area (Å²) < 4.78 is 50.5. The average Bonchev–Trinajstić information content (AvgIpc) is 2.62. The number of nitrogens with one attached hydrogen (secondary N) is 2. The van der Waals surface area contributed by atoms with Gasteiger partial charge in [0.1, 0.15) is 22.2 Å². The van der Waals surface area contributed by atoms with E-state index in [4.69, 9.17) is 9.47 Å². The van der Waals surface area contributed by atoms with Crippen LogP contribution in [0.3, 0.4) is 0 Å². The van der Waals surface area contributed by atoms with Gasteiger partial charge in [-0.1, -0.05) is 0 Å². The number of benzene rings is 2. The van der Waals surface area contributed by atoms with Crippen molar-refractivity contribution in [2.45, 2.75) is 17.9 Å². The van der Waals surface area contributed by atoms with Crippen LogP contribution in [-0.4, -0.2) is 34.6 Å². The van der Waals surface area contributed by atoms with E-state index in [-0.39, 0.29) is 10.6 Å². The minimum Gasteiger partial charge on any atom is -0.497 e. The number of hydrogen-bond donors (Lipinski definition) is 2. The molecule has 0 aliphatic heterocycles. The SMILES string of the molecule is COc1ccc(NC(=O)C(C)NS(=O)(=O)c2cc(F)ccc2OC)cc1. The molecule has 0 bridgehead atoms. The lowest BCUT2D eigenvalue weighted by atomic mass is 10.2. The molecule has 0 saturated carbocycles. The van der Waals surface area contributed by atoms with E-state index in [1.54, 1.807) is 24.3 Å². The molecule has 0 heterocycles. The maximum atomic E-state index is 13.4. The number of anilines is 1. The number of ether oxygens (including phenoxy) is 2. The van der Waals surface area contributed by atoms with Gasteiger partial charge in [0.15, 0.2) is 0 Å². The number of methoxy groups -OCH3 is 2. The molecule has 0 aliphatic rings. The van der Waals surface area contributed by atoms with Crippen LogP contribution >= 0.6 is 0 Å². The minimum absolute atomic E-state index is 0.0262. The van der Waals surface area contributed by atoms with Gasteiger partial charge in [0, 0.05) is 5.69 Å². The fraction of sp³-hybridized carbons (Fsp3) is 0.235. The van der Waals surface area contributed by atoms with Crippen molar-refractivity contribution in [3.8, 4) is 11.5 Å². The summed E-state index contributed by atoms with van der Waals surface area (Å²) >= 11 is 0. The first-order valence-corrected chi connectivity index (χ1v) is 9.06. The standard InChI is InChI=1S/C17H19FN2O5S/c1-11(17(21)19-13-5-7-14(24-2)8-6-13)20-26(22,23)16-10-12(18)4-9-15(16)25-3/h4-11,20H,1-3H3,(H,19,21). The van der Waals surface area contributed by atoms with Crippen LogP contribution in [0.15, 0.2) is 47.4 Å². The molecule has 0 radical (unpaired) electrons. The van der Waals surface area contributed by atoms with Crippen molar-refractivity contribution in [3.05, 3.63) is 48.3 Å². The summed E-state index contributed by atoms with van der Waals surface area (Å²) in [7, 11) is -1.38. The van der Waals surface area contributed by atoms with Crippen LogP contribution in [0.25, 0.3) is 0 Å². The predicted molar refractivity (Wildman–Crippen MR) is 94.4 cm³/mol. The Kier molecular flexibility index (Phi) is 6.17. The van der Waals surface area contributed by atoms with E-state index in [1.807, 2.05) is 0 Å². The van der Waals surface area contributed by atoms with E-state index >= 15 is 0 Å². The van der Waals surface area contributed by atoms with Gasteiger partial charge in [-0.05, 0) is 49.4 Å². The van der Waals surface area contributed by atoms with Crippen molar-refractivity contribution in [1.29, 1.82) is 0 Å². The molecular weight excluding hydrogens is 363 g/mol. The first-order chi connectivity index (χ1) is 12.3. The maximum Gasteiger partial charge on any atom is 0.245 e. The zero-order valence-corrected chi connectivity index (χ0v) is 15.3. The maximum absolute atomic E-state index is 13.4.